The summed E-state index contributed by atoms with van der Waals surface area (Å²) in [6.07, 6.45) is -1.75. The highest BCUT2D eigenvalue weighted by atomic mass is 16.6. The molecule has 12 heteroatoms. The number of carbonyl (C=O) groups is 3. The monoisotopic (exact) mass is 402 g/mol. The lowest BCUT2D eigenvalue weighted by atomic mass is 10.1. The number of aromatic carboxylic acids is 1. The van der Waals surface area contributed by atoms with E-state index in [0.29, 0.717) is 0 Å². The summed E-state index contributed by atoms with van der Waals surface area (Å²) < 4.78 is 6.63. The van der Waals surface area contributed by atoms with Crippen LogP contribution in [0.3, 0.4) is 0 Å². The van der Waals surface area contributed by atoms with Crippen molar-refractivity contribution in [1.82, 2.24) is 0 Å². The van der Waals surface area contributed by atoms with Crippen molar-refractivity contribution in [1.29, 1.82) is 0 Å². The first-order valence-corrected chi connectivity index (χ1v) is 8.13. The van der Waals surface area contributed by atoms with E-state index < -0.39 is 55.1 Å². The lowest BCUT2D eigenvalue weighted by Crippen LogP contribution is -2.46. The molecule has 0 radical (unpaired) electrons. The summed E-state index contributed by atoms with van der Waals surface area (Å²) in [7, 11) is 0. The Labute approximate surface area is 159 Å². The topological polar surface area (TPSA) is 215 Å². The van der Waals surface area contributed by atoms with Crippen molar-refractivity contribution in [2.45, 2.75) is 43.4 Å². The van der Waals surface area contributed by atoms with Gasteiger partial charge in [0.15, 0.2) is 18.5 Å². The van der Waals surface area contributed by atoms with Crippen LogP contribution in [-0.4, -0.2) is 74.4 Å². The Bertz CT molecular complexity index is 698. The van der Waals surface area contributed by atoms with E-state index in [1.807, 2.05) is 0 Å². The average Bonchev–Trinajstić information content (AvgIpc) is 2.94. The van der Waals surface area contributed by atoms with E-state index >= 15 is 0 Å². The molecule has 1 aromatic rings. The van der Waals surface area contributed by atoms with Crippen molar-refractivity contribution in [3.05, 3.63) is 30.1 Å². The van der Waals surface area contributed by atoms with Crippen molar-refractivity contribution in [2.24, 2.45) is 5.73 Å². The van der Waals surface area contributed by atoms with Gasteiger partial charge >= 0.3 is 11.9 Å². The van der Waals surface area contributed by atoms with Crippen LogP contribution in [0.5, 0.6) is 0 Å². The fourth-order valence-corrected chi connectivity index (χ4v) is 2.30. The number of aliphatic carboxylic acids is 2. The van der Waals surface area contributed by atoms with Crippen molar-refractivity contribution in [3.63, 3.8) is 0 Å². The molecule has 28 heavy (non-hydrogen) atoms. The van der Waals surface area contributed by atoms with Crippen molar-refractivity contribution in [2.75, 3.05) is 6.61 Å². The summed E-state index contributed by atoms with van der Waals surface area (Å²) in [5.41, 5.74) is 4.98. The van der Waals surface area contributed by atoms with Crippen LogP contribution < -0.4 is 15.4 Å². The minimum Gasteiger partial charge on any atom is -0.548 e. The van der Waals surface area contributed by atoms with Gasteiger partial charge < -0.3 is 45.9 Å². The molecule has 12 nitrogen and oxygen atoms in total. The van der Waals surface area contributed by atoms with Gasteiger partial charge in [0.05, 0.1) is 12.6 Å². The largest absolute Gasteiger partial charge is 0.548 e. The molecule has 2 heterocycles. The maximum atomic E-state index is 10.8. The third-order valence-corrected chi connectivity index (χ3v) is 3.85. The summed E-state index contributed by atoms with van der Waals surface area (Å²) >= 11 is 0. The zero-order chi connectivity index (χ0) is 21.4. The van der Waals surface area contributed by atoms with Crippen molar-refractivity contribution in [3.8, 4) is 0 Å². The van der Waals surface area contributed by atoms with Gasteiger partial charge in [-0.05, 0) is 12.5 Å². The first kappa shape index (κ1) is 23.4. The van der Waals surface area contributed by atoms with Gasteiger partial charge in [-0.1, -0.05) is 0 Å². The summed E-state index contributed by atoms with van der Waals surface area (Å²) in [5.74, 6) is -3.57. The molecule has 1 fully saturated rings. The number of pyridine rings is 1. The molecule has 2 rings (SSSR count). The molecule has 1 aliphatic heterocycles. The minimum atomic E-state index is -1.42. The van der Waals surface area contributed by atoms with Crippen LogP contribution in [0.25, 0.3) is 0 Å². The minimum absolute atomic E-state index is 0.0373. The maximum Gasteiger partial charge on any atom is 0.341 e. The highest BCUT2D eigenvalue weighted by Gasteiger charge is 2.47. The zero-order valence-electron chi connectivity index (χ0n) is 14.6. The van der Waals surface area contributed by atoms with Gasteiger partial charge in [0.2, 0.25) is 0 Å². The van der Waals surface area contributed by atoms with E-state index in [-0.39, 0.29) is 18.4 Å². The summed E-state index contributed by atoms with van der Waals surface area (Å²) in [4.78, 5) is 30.6. The second kappa shape index (κ2) is 10.6. The second-order valence-electron chi connectivity index (χ2n) is 5.93. The number of aliphatic hydroxyl groups excluding tert-OH is 3. The molecular formula is C16H22N2O10. The quantitative estimate of drug-likeness (QED) is 0.243. The number of hydrogen-bond donors (Lipinski definition) is 6. The van der Waals surface area contributed by atoms with Gasteiger partial charge in [0, 0.05) is 18.5 Å². The Hall–Kier alpha value is -2.64. The Morgan fingerprint density at radius 2 is 1.89 bits per heavy atom. The highest BCUT2D eigenvalue weighted by Crippen LogP contribution is 2.25. The molecule has 7 N–H and O–H groups in total. The van der Waals surface area contributed by atoms with Gasteiger partial charge in [-0.15, -0.1) is 0 Å². The van der Waals surface area contributed by atoms with Crippen molar-refractivity contribution < 1.29 is 54.3 Å². The van der Waals surface area contributed by atoms with Gasteiger partial charge in [-0.2, -0.15) is 4.57 Å². The number of carboxylic acids is 3. The van der Waals surface area contributed by atoms with Crippen LogP contribution in [0.15, 0.2) is 24.5 Å². The molecule has 5 atom stereocenters. The summed E-state index contributed by atoms with van der Waals surface area (Å²) in [6, 6.07) is 1.73. The standard InChI is InChI=1S/C11H13NO6.C5H9NO4/c13-5-7-8(14)9(15)10(18-7)12-3-1-2-6(4-12)11(16)17;6-3(5(9)10)1-2-4(7)8/h1-4,7-10,13-15H,5H2;3H,1-2,6H2,(H,7,8)(H,9,10)/t7-,8-,9-,10-;/m1./s1. The van der Waals surface area contributed by atoms with E-state index in [1.54, 1.807) is 0 Å². The average molecular weight is 402 g/mol. The molecule has 0 aliphatic carbocycles. The number of aromatic nitrogens is 1. The van der Waals surface area contributed by atoms with E-state index in [4.69, 9.17) is 25.8 Å². The first-order chi connectivity index (χ1) is 13.1. The van der Waals surface area contributed by atoms with Crippen LogP contribution in [0.1, 0.15) is 29.4 Å². The van der Waals surface area contributed by atoms with E-state index in [9.17, 15) is 29.7 Å². The predicted molar refractivity (Wildman–Crippen MR) is 86.5 cm³/mol. The Morgan fingerprint density at radius 1 is 1.25 bits per heavy atom. The molecule has 1 unspecified atom stereocenters. The van der Waals surface area contributed by atoms with Gasteiger partial charge in [-0.3, -0.25) is 4.79 Å². The van der Waals surface area contributed by atoms with E-state index in [1.165, 1.54) is 29.1 Å². The number of carbonyl (C=O) groups excluding carboxylic acids is 1. The van der Waals surface area contributed by atoms with Crippen LogP contribution in [-0.2, 0) is 14.3 Å². The SMILES string of the molecule is NC(CCC(=O)O)C(=O)[O-].O=C(O)c1ccc[n+]([C@@H]2O[C@H](CO)[C@@H](O)[C@H]2O)c1. The van der Waals surface area contributed by atoms with Crippen LogP contribution in [0.2, 0.25) is 0 Å². The first-order valence-electron chi connectivity index (χ1n) is 8.13. The molecule has 0 spiro atoms. The lowest BCUT2D eigenvalue weighted by molar-refractivity contribution is -0.765. The molecule has 0 saturated carbocycles. The Morgan fingerprint density at radius 3 is 2.36 bits per heavy atom. The Balaban J connectivity index is 0.000000336. The van der Waals surface area contributed by atoms with Gasteiger partial charge in [0.25, 0.3) is 6.23 Å². The smallest absolute Gasteiger partial charge is 0.341 e. The van der Waals surface area contributed by atoms with E-state index in [2.05, 4.69) is 0 Å². The van der Waals surface area contributed by atoms with Crippen LogP contribution >= 0.6 is 0 Å². The fourth-order valence-electron chi connectivity index (χ4n) is 2.30. The second-order valence-corrected chi connectivity index (χ2v) is 5.93. The number of nitrogens with zero attached hydrogens (tertiary/aromatic N) is 1. The molecule has 1 aromatic heterocycles. The van der Waals surface area contributed by atoms with E-state index in [0.717, 1.165) is 0 Å². The number of aliphatic hydroxyl groups is 3. The number of hydrogen-bond acceptors (Lipinski definition) is 9. The highest BCUT2D eigenvalue weighted by molar-refractivity contribution is 5.86. The molecule has 0 aromatic carbocycles. The number of carboxylic acid groups (broad SMARTS) is 3. The third kappa shape index (κ3) is 6.51. The Kier molecular flexibility index (Phi) is 8.88. The summed E-state index contributed by atoms with van der Waals surface area (Å²) in [6.45, 7) is -0.423. The number of nitrogens with two attached hydrogens (primary N) is 1. The molecule has 0 bridgehead atoms. The summed E-state index contributed by atoms with van der Waals surface area (Å²) in [5, 5.41) is 55.2. The fraction of sp³-hybridized carbons (Fsp3) is 0.500. The van der Waals surface area contributed by atoms with Crippen molar-refractivity contribution >= 4 is 17.9 Å². The molecular weight excluding hydrogens is 380 g/mol. The predicted octanol–water partition coefficient (Wildman–Crippen LogP) is -3.79. The molecule has 1 aliphatic rings. The van der Waals surface area contributed by atoms with Crippen LogP contribution in [0, 0.1) is 0 Å². The van der Waals surface area contributed by atoms with Gasteiger partial charge in [-0.25, -0.2) is 4.79 Å². The number of ether oxygens (including phenoxy) is 1. The van der Waals surface area contributed by atoms with Crippen LogP contribution in [0.4, 0.5) is 0 Å². The number of rotatable bonds is 7. The molecule has 156 valence electrons. The maximum absolute atomic E-state index is 10.8. The molecule has 0 amide bonds. The zero-order valence-corrected chi connectivity index (χ0v) is 14.6. The third-order valence-electron chi connectivity index (χ3n) is 3.85. The van der Waals surface area contributed by atoms with Gasteiger partial charge in [0.1, 0.15) is 17.8 Å². The lowest BCUT2D eigenvalue weighted by Gasteiger charge is -2.09. The normalized spacial score (nSPS) is 24.7. The molecule has 1 saturated heterocycles.